The molecule has 0 aliphatic carbocycles. The lowest BCUT2D eigenvalue weighted by atomic mass is 10.5. The van der Waals surface area contributed by atoms with E-state index in [1.54, 1.807) is 14.1 Å². The molecule has 9 heteroatoms. The van der Waals surface area contributed by atoms with E-state index >= 15 is 0 Å². The van der Waals surface area contributed by atoms with E-state index in [1.165, 1.54) is 0 Å². The summed E-state index contributed by atoms with van der Waals surface area (Å²) in [5, 5.41) is 3.90. The van der Waals surface area contributed by atoms with Crippen molar-refractivity contribution in [3.05, 3.63) is 0 Å². The van der Waals surface area contributed by atoms with Crippen molar-refractivity contribution in [3.63, 3.8) is 0 Å². The van der Waals surface area contributed by atoms with E-state index < -0.39 is 0 Å². The van der Waals surface area contributed by atoms with E-state index in [9.17, 15) is 4.79 Å². The highest BCUT2D eigenvalue weighted by atomic mass is 32.1. The Bertz CT molecular complexity index is 402. The number of thiol groups is 2. The predicted molar refractivity (Wildman–Crippen MR) is 107 cm³/mol. The molecule has 0 fully saturated rings. The highest BCUT2D eigenvalue weighted by Gasteiger charge is 2.58. The molecule has 0 saturated carbocycles. The summed E-state index contributed by atoms with van der Waals surface area (Å²) in [5.41, 5.74) is 0. The highest BCUT2D eigenvalue weighted by Crippen LogP contribution is 2.26. The maximum Gasteiger partial charge on any atom is 0.566 e. The van der Waals surface area contributed by atoms with Crippen molar-refractivity contribution in [1.29, 1.82) is 0 Å². The molecule has 0 heterocycles. The van der Waals surface area contributed by atoms with Crippen LogP contribution in [0.15, 0.2) is 0 Å². The van der Waals surface area contributed by atoms with Gasteiger partial charge in [0.1, 0.15) is 14.1 Å². The molecule has 2 atom stereocenters. The van der Waals surface area contributed by atoms with Crippen molar-refractivity contribution < 1.29 is 14.0 Å². The largest absolute Gasteiger partial charge is 0.566 e. The molecule has 0 spiro atoms. The molecular weight excluding hydrogens is 356 g/mol. The third-order valence-electron chi connectivity index (χ3n) is 4.08. The second-order valence-corrected chi connectivity index (χ2v) is 7.27. The molecule has 0 aromatic heterocycles. The average Bonchev–Trinajstić information content (AvgIpc) is 2.47. The predicted octanol–water partition coefficient (Wildman–Crippen LogP) is 2.94. The fourth-order valence-electron chi connectivity index (χ4n) is 2.61. The van der Waals surface area contributed by atoms with Crippen LogP contribution in [0.4, 0.5) is 4.79 Å². The third kappa shape index (κ3) is 3.89. The standard InChI is InChI=1S/C13H26N4OS4/c1-7-14(8-2)16(5,12(19)20)11(18)17(6,13(21)22)15(9-3)10-4/h7-10H2,1-6H3/p+2. The number of quaternary nitrogens is 2. The van der Waals surface area contributed by atoms with Crippen LogP contribution in [0.2, 0.25) is 0 Å². The van der Waals surface area contributed by atoms with Crippen LogP contribution in [-0.2, 0) is 0 Å². The zero-order valence-electron chi connectivity index (χ0n) is 14.2. The Labute approximate surface area is 156 Å². The smallest absolute Gasteiger partial charge is 0.166 e. The van der Waals surface area contributed by atoms with Gasteiger partial charge >= 0.3 is 6.03 Å². The summed E-state index contributed by atoms with van der Waals surface area (Å²) >= 11 is 19.3. The first-order chi connectivity index (χ1) is 10.1. The van der Waals surface area contributed by atoms with Gasteiger partial charge in [0.2, 0.25) is 0 Å². The number of urea groups is 1. The average molecular weight is 385 g/mol. The molecule has 0 aromatic rings. The van der Waals surface area contributed by atoms with Gasteiger partial charge in [0, 0.05) is 26.2 Å². The van der Waals surface area contributed by atoms with Gasteiger partial charge in [-0.3, -0.25) is 0 Å². The van der Waals surface area contributed by atoms with Crippen molar-refractivity contribution >= 4 is 64.4 Å². The molecule has 0 saturated heterocycles. The van der Waals surface area contributed by atoms with E-state index in [0.29, 0.717) is 26.2 Å². The minimum absolute atomic E-state index is 0.188. The first-order valence-electron chi connectivity index (χ1n) is 7.34. The minimum Gasteiger partial charge on any atom is -0.166 e. The molecule has 0 rings (SSSR count). The number of carbonyl (C=O) groups excluding carboxylic acids is 1. The van der Waals surface area contributed by atoms with E-state index in [-0.39, 0.29) is 23.9 Å². The van der Waals surface area contributed by atoms with Crippen molar-refractivity contribution in [2.75, 3.05) is 40.3 Å². The molecule has 22 heavy (non-hydrogen) atoms. The third-order valence-corrected chi connectivity index (χ3v) is 5.57. The fourth-order valence-corrected chi connectivity index (χ4v) is 3.42. The van der Waals surface area contributed by atoms with Crippen LogP contribution in [0.25, 0.3) is 0 Å². The number of rotatable bonds is 6. The summed E-state index contributed by atoms with van der Waals surface area (Å²) in [7, 11) is 3.52. The quantitative estimate of drug-likeness (QED) is 0.317. The van der Waals surface area contributed by atoms with Crippen molar-refractivity contribution in [2.45, 2.75) is 27.7 Å². The Morgan fingerprint density at radius 2 is 1.05 bits per heavy atom. The zero-order chi connectivity index (χ0) is 17.7. The second-order valence-electron chi connectivity index (χ2n) is 5.04. The SMILES string of the molecule is CCN(CC)[N+](C)(C(=O)[N+](C)(C(=S)S)N(CC)CC)C(=S)S. The van der Waals surface area contributed by atoms with Crippen LogP contribution in [-0.4, -0.2) is 74.1 Å². The van der Waals surface area contributed by atoms with Crippen LogP contribution >= 0.6 is 49.7 Å². The fraction of sp³-hybridized carbons (Fsp3) is 0.769. The van der Waals surface area contributed by atoms with Gasteiger partial charge in [0.05, 0.1) is 0 Å². The molecule has 128 valence electrons. The van der Waals surface area contributed by atoms with Gasteiger partial charge < -0.3 is 0 Å². The molecule has 0 aliphatic rings. The Kier molecular flexibility index (Phi) is 9.19. The first kappa shape index (κ1) is 22.4. The maximum absolute atomic E-state index is 13.5. The molecule has 2 unspecified atom stereocenters. The number of amides is 2. The summed E-state index contributed by atoms with van der Waals surface area (Å²) in [6.45, 7) is 10.6. The number of hydrogen-bond acceptors (Lipinski definition) is 5. The molecule has 0 bridgehead atoms. The molecular formula is C13H28N4OS4+2. The van der Waals surface area contributed by atoms with Gasteiger partial charge in [-0.15, -0.1) is 10.0 Å². The van der Waals surface area contributed by atoms with Crippen LogP contribution in [0, 0.1) is 0 Å². The van der Waals surface area contributed by atoms with Crippen LogP contribution in [0.3, 0.4) is 0 Å². The van der Waals surface area contributed by atoms with Crippen molar-refractivity contribution in [3.8, 4) is 0 Å². The van der Waals surface area contributed by atoms with Gasteiger partial charge in [-0.1, -0.05) is 34.4 Å². The number of thiocarbonyl (C=S) groups is 2. The lowest BCUT2D eigenvalue weighted by Crippen LogP contribution is -2.75. The Morgan fingerprint density at radius 1 is 0.818 bits per heavy atom. The summed E-state index contributed by atoms with van der Waals surface area (Å²) in [4.78, 5) is 13.5. The topological polar surface area (TPSA) is 23.6 Å². The Balaban J connectivity index is 6.19. The normalized spacial score (nSPS) is 17.2. The van der Waals surface area contributed by atoms with E-state index in [2.05, 4.69) is 25.3 Å². The van der Waals surface area contributed by atoms with E-state index in [4.69, 9.17) is 24.4 Å². The van der Waals surface area contributed by atoms with Gasteiger partial charge in [-0.25, -0.2) is 0 Å². The molecule has 2 amide bonds. The Hall–Kier alpha value is 0.390. The first-order valence-corrected chi connectivity index (χ1v) is 9.05. The van der Waals surface area contributed by atoms with Gasteiger partial charge in [-0.2, -0.15) is 4.79 Å². The van der Waals surface area contributed by atoms with Crippen LogP contribution < -0.4 is 0 Å². The van der Waals surface area contributed by atoms with Crippen molar-refractivity contribution in [1.82, 2.24) is 10.0 Å². The Morgan fingerprint density at radius 3 is 1.18 bits per heavy atom. The molecule has 5 nitrogen and oxygen atoms in total. The van der Waals surface area contributed by atoms with E-state index in [1.807, 2.05) is 37.7 Å². The van der Waals surface area contributed by atoms with Gasteiger partial charge in [0.15, 0.2) is 0 Å². The number of carbonyl (C=O) groups is 1. The van der Waals surface area contributed by atoms with E-state index in [0.717, 1.165) is 0 Å². The maximum atomic E-state index is 13.5. The minimum atomic E-state index is -0.195. The summed E-state index contributed by atoms with van der Waals surface area (Å²) in [5.74, 6) is 0. The molecule has 0 N–H and O–H groups in total. The van der Waals surface area contributed by atoms with Crippen molar-refractivity contribution in [2.24, 2.45) is 0 Å². The molecule has 0 radical (unpaired) electrons. The number of nitrogens with zero attached hydrogens (tertiary/aromatic N) is 4. The monoisotopic (exact) mass is 384 g/mol. The van der Waals surface area contributed by atoms with Crippen LogP contribution in [0.1, 0.15) is 27.7 Å². The second kappa shape index (κ2) is 9.03. The summed E-state index contributed by atoms with van der Waals surface area (Å²) in [6.07, 6.45) is 0. The zero-order valence-corrected chi connectivity index (χ0v) is 17.7. The summed E-state index contributed by atoms with van der Waals surface area (Å²) in [6, 6.07) is -0.188. The number of hydrogen-bond donors (Lipinski definition) is 2. The molecule has 0 aliphatic heterocycles. The lowest BCUT2D eigenvalue weighted by Gasteiger charge is -2.43. The van der Waals surface area contributed by atoms with Crippen LogP contribution in [0.5, 0.6) is 0 Å². The van der Waals surface area contributed by atoms with Gasteiger partial charge in [-0.05, 0) is 52.1 Å². The highest BCUT2D eigenvalue weighted by molar-refractivity contribution is 8.10. The van der Waals surface area contributed by atoms with Gasteiger partial charge in [0.25, 0.3) is 8.64 Å². The molecule has 0 aromatic carbocycles. The lowest BCUT2D eigenvalue weighted by molar-refractivity contribution is -0.980. The summed E-state index contributed by atoms with van der Waals surface area (Å²) < 4.78 is 0.183.